The van der Waals surface area contributed by atoms with E-state index in [1.807, 2.05) is 31.2 Å². The predicted molar refractivity (Wildman–Crippen MR) is 108 cm³/mol. The van der Waals surface area contributed by atoms with E-state index in [2.05, 4.69) is 5.32 Å². The molecule has 1 N–H and O–H groups in total. The van der Waals surface area contributed by atoms with Crippen molar-refractivity contribution in [2.24, 2.45) is 0 Å². The number of amides is 1. The molecule has 0 aliphatic rings. The Morgan fingerprint density at radius 3 is 2.32 bits per heavy atom. The number of sulfonamides is 1. The Labute approximate surface area is 164 Å². The molecule has 150 valence electrons. The van der Waals surface area contributed by atoms with Gasteiger partial charge in [0, 0.05) is 6.07 Å². The van der Waals surface area contributed by atoms with Crippen LogP contribution in [0, 0.1) is 24.0 Å². The zero-order valence-corrected chi connectivity index (χ0v) is 17.0. The number of nitrogens with one attached hydrogen (secondary N) is 1. The zero-order valence-electron chi connectivity index (χ0n) is 16.2. The predicted octanol–water partition coefficient (Wildman–Crippen LogP) is 2.86. The van der Waals surface area contributed by atoms with E-state index in [1.165, 1.54) is 25.1 Å². The summed E-state index contributed by atoms with van der Waals surface area (Å²) in [5, 5.41) is 13.9. The summed E-state index contributed by atoms with van der Waals surface area (Å²) >= 11 is 0. The largest absolute Gasteiger partial charge is 0.348 e. The van der Waals surface area contributed by atoms with Crippen molar-refractivity contribution in [2.75, 3.05) is 17.1 Å². The monoisotopic (exact) mass is 405 g/mol. The van der Waals surface area contributed by atoms with E-state index in [4.69, 9.17) is 0 Å². The summed E-state index contributed by atoms with van der Waals surface area (Å²) in [4.78, 5) is 23.1. The van der Waals surface area contributed by atoms with Crippen LogP contribution in [-0.4, -0.2) is 32.0 Å². The van der Waals surface area contributed by atoms with Gasteiger partial charge in [0.15, 0.2) is 0 Å². The quantitative estimate of drug-likeness (QED) is 0.563. The third-order valence-corrected chi connectivity index (χ3v) is 5.51. The van der Waals surface area contributed by atoms with E-state index in [9.17, 15) is 23.3 Å². The van der Waals surface area contributed by atoms with Gasteiger partial charge in [-0.2, -0.15) is 0 Å². The molecule has 0 spiro atoms. The van der Waals surface area contributed by atoms with Gasteiger partial charge in [0.05, 0.1) is 28.5 Å². The normalized spacial score (nSPS) is 12.3. The second-order valence-electron chi connectivity index (χ2n) is 6.65. The van der Waals surface area contributed by atoms with Crippen LogP contribution >= 0.6 is 0 Å². The first-order chi connectivity index (χ1) is 13.0. The Morgan fingerprint density at radius 2 is 1.79 bits per heavy atom. The fraction of sp³-hybridized carbons (Fsp3) is 0.316. The number of aryl methyl sites for hydroxylation is 1. The van der Waals surface area contributed by atoms with Crippen LogP contribution in [0.25, 0.3) is 0 Å². The van der Waals surface area contributed by atoms with Gasteiger partial charge >= 0.3 is 0 Å². The topological polar surface area (TPSA) is 110 Å². The number of carbonyl (C=O) groups is 1. The van der Waals surface area contributed by atoms with Crippen LogP contribution in [-0.2, 0) is 14.8 Å². The van der Waals surface area contributed by atoms with E-state index in [-0.39, 0.29) is 23.0 Å². The first-order valence-corrected chi connectivity index (χ1v) is 10.4. The molecule has 0 aliphatic carbocycles. The minimum Gasteiger partial charge on any atom is -0.348 e. The molecule has 0 fully saturated rings. The van der Waals surface area contributed by atoms with E-state index in [0.29, 0.717) is 0 Å². The summed E-state index contributed by atoms with van der Waals surface area (Å²) in [7, 11) is -3.83. The molecule has 9 heteroatoms. The van der Waals surface area contributed by atoms with Crippen LogP contribution in [0.5, 0.6) is 0 Å². The van der Waals surface area contributed by atoms with Gasteiger partial charge in [-0.15, -0.1) is 0 Å². The van der Waals surface area contributed by atoms with Gasteiger partial charge in [0.2, 0.25) is 15.9 Å². The number of rotatable bonds is 7. The Bertz CT molecular complexity index is 987. The van der Waals surface area contributed by atoms with E-state index < -0.39 is 27.4 Å². The Hall–Kier alpha value is -2.94. The van der Waals surface area contributed by atoms with Crippen molar-refractivity contribution in [1.29, 1.82) is 0 Å². The summed E-state index contributed by atoms with van der Waals surface area (Å²) in [5.41, 5.74) is 2.05. The van der Waals surface area contributed by atoms with Crippen molar-refractivity contribution in [3.63, 3.8) is 0 Å². The van der Waals surface area contributed by atoms with Crippen molar-refractivity contribution in [3.8, 4) is 0 Å². The van der Waals surface area contributed by atoms with Gasteiger partial charge in [-0.3, -0.25) is 19.2 Å². The van der Waals surface area contributed by atoms with E-state index in [0.717, 1.165) is 21.7 Å². The minimum absolute atomic E-state index is 0.106. The lowest BCUT2D eigenvalue weighted by Crippen LogP contribution is -2.41. The molecule has 28 heavy (non-hydrogen) atoms. The Balaban J connectivity index is 2.26. The lowest BCUT2D eigenvalue weighted by molar-refractivity contribution is -0.385. The van der Waals surface area contributed by atoms with Crippen molar-refractivity contribution in [2.45, 2.75) is 26.8 Å². The molecule has 2 aromatic carbocycles. The summed E-state index contributed by atoms with van der Waals surface area (Å²) < 4.78 is 25.4. The van der Waals surface area contributed by atoms with Crippen LogP contribution in [0.15, 0.2) is 42.5 Å². The van der Waals surface area contributed by atoms with Gasteiger partial charge in [0.1, 0.15) is 6.54 Å². The van der Waals surface area contributed by atoms with Crippen molar-refractivity contribution >= 4 is 27.3 Å². The molecule has 0 saturated carbocycles. The fourth-order valence-corrected chi connectivity index (χ4v) is 3.72. The number of anilines is 1. The lowest BCUT2D eigenvalue weighted by Gasteiger charge is -2.24. The first kappa shape index (κ1) is 21.4. The average Bonchev–Trinajstić information content (AvgIpc) is 2.59. The standard InChI is InChI=1S/C19H23N3O5S/c1-13-8-10-16(11-9-13)15(3)20-19(23)12-21(28(4,26)27)17-6-5-7-18(14(17)2)22(24)25/h5-11,15H,12H2,1-4H3,(H,20,23)/t15-/m1/s1. The van der Waals surface area contributed by atoms with Crippen molar-refractivity contribution in [1.82, 2.24) is 5.32 Å². The van der Waals surface area contributed by atoms with E-state index in [1.54, 1.807) is 6.92 Å². The molecule has 2 rings (SSSR count). The van der Waals surface area contributed by atoms with Crippen LogP contribution in [0.1, 0.15) is 29.7 Å². The van der Waals surface area contributed by atoms with Gasteiger partial charge in [0.25, 0.3) is 5.69 Å². The molecule has 0 aliphatic heterocycles. The van der Waals surface area contributed by atoms with Gasteiger partial charge in [-0.25, -0.2) is 8.42 Å². The third-order valence-electron chi connectivity index (χ3n) is 4.38. The number of benzene rings is 2. The highest BCUT2D eigenvalue weighted by Crippen LogP contribution is 2.29. The third kappa shape index (κ3) is 5.07. The molecule has 0 unspecified atom stereocenters. The zero-order chi connectivity index (χ0) is 21.1. The van der Waals surface area contributed by atoms with Gasteiger partial charge < -0.3 is 5.32 Å². The highest BCUT2D eigenvalue weighted by atomic mass is 32.2. The van der Waals surface area contributed by atoms with Gasteiger partial charge in [-0.05, 0) is 32.4 Å². The number of hydrogen-bond acceptors (Lipinski definition) is 5. The molecule has 0 saturated heterocycles. The molecule has 0 heterocycles. The van der Waals surface area contributed by atoms with Crippen LogP contribution in [0.4, 0.5) is 11.4 Å². The minimum atomic E-state index is -3.83. The maximum Gasteiger partial charge on any atom is 0.274 e. The van der Waals surface area contributed by atoms with Crippen molar-refractivity contribution in [3.05, 3.63) is 69.3 Å². The average molecular weight is 405 g/mol. The van der Waals surface area contributed by atoms with Crippen LogP contribution in [0.3, 0.4) is 0 Å². The number of nitro groups is 1. The fourth-order valence-electron chi connectivity index (χ4n) is 2.82. The second kappa shape index (κ2) is 8.39. The highest BCUT2D eigenvalue weighted by molar-refractivity contribution is 7.92. The van der Waals surface area contributed by atoms with Crippen LogP contribution < -0.4 is 9.62 Å². The maximum atomic E-state index is 12.5. The Kier molecular flexibility index (Phi) is 6.40. The molecular weight excluding hydrogens is 382 g/mol. The number of nitrogens with zero attached hydrogens (tertiary/aromatic N) is 2. The summed E-state index contributed by atoms with van der Waals surface area (Å²) in [5.74, 6) is -0.510. The first-order valence-electron chi connectivity index (χ1n) is 8.58. The smallest absolute Gasteiger partial charge is 0.274 e. The number of hydrogen-bond donors (Lipinski definition) is 1. The number of nitro benzene ring substituents is 1. The second-order valence-corrected chi connectivity index (χ2v) is 8.55. The molecule has 1 amide bonds. The number of carbonyl (C=O) groups excluding carboxylic acids is 1. The maximum absolute atomic E-state index is 12.5. The van der Waals surface area contributed by atoms with Crippen LogP contribution in [0.2, 0.25) is 0 Å². The highest BCUT2D eigenvalue weighted by Gasteiger charge is 2.26. The molecule has 8 nitrogen and oxygen atoms in total. The lowest BCUT2D eigenvalue weighted by atomic mass is 10.1. The summed E-state index contributed by atoms with van der Waals surface area (Å²) in [6, 6.07) is 11.4. The van der Waals surface area contributed by atoms with Gasteiger partial charge in [-0.1, -0.05) is 35.9 Å². The Morgan fingerprint density at radius 1 is 1.18 bits per heavy atom. The summed E-state index contributed by atoms with van der Waals surface area (Å²) in [6.45, 7) is 4.74. The molecule has 0 aromatic heterocycles. The SMILES string of the molecule is Cc1ccc([C@@H](C)NC(=O)CN(c2cccc([N+](=O)[O-])c2C)S(C)(=O)=O)cc1. The van der Waals surface area contributed by atoms with Crippen molar-refractivity contribution < 1.29 is 18.1 Å². The summed E-state index contributed by atoms with van der Waals surface area (Å²) in [6.07, 6.45) is 0.960. The molecular formula is C19H23N3O5S. The van der Waals surface area contributed by atoms with E-state index >= 15 is 0 Å². The molecule has 0 bridgehead atoms. The molecule has 0 radical (unpaired) electrons. The molecule has 1 atom stereocenters. The molecule has 2 aromatic rings.